The molecule has 2 fully saturated rings. The number of amides is 1. The lowest BCUT2D eigenvalue weighted by molar-refractivity contribution is -0.117. The summed E-state index contributed by atoms with van der Waals surface area (Å²) in [6, 6.07) is 5.66. The Morgan fingerprint density at radius 1 is 1.38 bits per heavy atom. The largest absolute Gasteiger partial charge is 0.497 e. The van der Waals surface area contributed by atoms with Gasteiger partial charge in [0.1, 0.15) is 5.75 Å². The molecule has 3 unspecified atom stereocenters. The van der Waals surface area contributed by atoms with Crippen LogP contribution in [0.5, 0.6) is 5.75 Å². The minimum atomic E-state index is -0.111. The van der Waals surface area contributed by atoms with E-state index in [9.17, 15) is 4.79 Å². The van der Waals surface area contributed by atoms with E-state index in [0.29, 0.717) is 28.4 Å². The zero-order chi connectivity index (χ0) is 14.8. The number of hydrogen-bond acceptors (Lipinski definition) is 3. The van der Waals surface area contributed by atoms with Crippen LogP contribution in [0.15, 0.2) is 18.2 Å². The lowest BCUT2D eigenvalue weighted by atomic mass is 9.85. The summed E-state index contributed by atoms with van der Waals surface area (Å²) in [5.74, 6) is 1.33. The van der Waals surface area contributed by atoms with E-state index in [1.165, 1.54) is 25.7 Å². The number of anilines is 1. The van der Waals surface area contributed by atoms with Crippen LogP contribution in [-0.4, -0.2) is 25.1 Å². The molecule has 3 atom stereocenters. The number of halogens is 1. The standard InChI is InChI=1S/C16H21ClN2O2/c1-21-11-6-7-12(17)14(9-11)19-16(20)15-8-10-4-2-3-5-13(10)18-15/h6-7,9-10,13,15,18H,2-5,8H2,1H3,(H,19,20). The Morgan fingerprint density at radius 2 is 2.19 bits per heavy atom. The molecular weight excluding hydrogens is 288 g/mol. The van der Waals surface area contributed by atoms with Gasteiger partial charge in [0.2, 0.25) is 5.91 Å². The number of benzene rings is 1. The maximum Gasteiger partial charge on any atom is 0.241 e. The van der Waals surface area contributed by atoms with E-state index < -0.39 is 0 Å². The molecule has 2 aliphatic rings. The molecular formula is C16H21ClN2O2. The van der Waals surface area contributed by atoms with Crippen LogP contribution in [-0.2, 0) is 4.79 Å². The minimum absolute atomic E-state index is 0.000414. The van der Waals surface area contributed by atoms with Crippen LogP contribution in [0, 0.1) is 5.92 Å². The van der Waals surface area contributed by atoms with Crippen LogP contribution < -0.4 is 15.4 Å². The van der Waals surface area contributed by atoms with E-state index in [1.54, 1.807) is 25.3 Å². The fourth-order valence-corrected chi connectivity index (χ4v) is 3.63. The normalized spacial score (nSPS) is 28.0. The number of hydrogen-bond donors (Lipinski definition) is 2. The fourth-order valence-electron chi connectivity index (χ4n) is 3.47. The average molecular weight is 309 g/mol. The third-order valence-corrected chi connectivity index (χ3v) is 4.94. The Balaban J connectivity index is 1.66. The van der Waals surface area contributed by atoms with Crippen molar-refractivity contribution in [3.63, 3.8) is 0 Å². The molecule has 5 heteroatoms. The quantitative estimate of drug-likeness (QED) is 0.901. The summed E-state index contributed by atoms with van der Waals surface area (Å²) in [5, 5.41) is 6.93. The van der Waals surface area contributed by atoms with Crippen molar-refractivity contribution >= 4 is 23.2 Å². The fraction of sp³-hybridized carbons (Fsp3) is 0.562. The zero-order valence-electron chi connectivity index (χ0n) is 12.2. The second-order valence-corrected chi connectivity index (χ2v) is 6.35. The highest BCUT2D eigenvalue weighted by molar-refractivity contribution is 6.33. The van der Waals surface area contributed by atoms with Gasteiger partial charge < -0.3 is 15.4 Å². The molecule has 1 heterocycles. The molecule has 21 heavy (non-hydrogen) atoms. The first-order chi connectivity index (χ1) is 10.2. The van der Waals surface area contributed by atoms with Gasteiger partial charge >= 0.3 is 0 Å². The summed E-state index contributed by atoms with van der Waals surface area (Å²) in [6.45, 7) is 0. The van der Waals surface area contributed by atoms with Crippen LogP contribution in [0.25, 0.3) is 0 Å². The first kappa shape index (κ1) is 14.7. The number of fused-ring (bicyclic) bond motifs is 1. The second kappa shape index (κ2) is 6.24. The Hall–Kier alpha value is -1.26. The van der Waals surface area contributed by atoms with E-state index in [1.807, 2.05) is 0 Å². The topological polar surface area (TPSA) is 50.4 Å². The first-order valence-corrected chi connectivity index (χ1v) is 7.95. The van der Waals surface area contributed by atoms with Crippen LogP contribution in [0.1, 0.15) is 32.1 Å². The maximum absolute atomic E-state index is 12.4. The molecule has 1 amide bonds. The molecule has 1 saturated heterocycles. The van der Waals surface area contributed by atoms with Crippen molar-refractivity contribution in [1.82, 2.24) is 5.32 Å². The van der Waals surface area contributed by atoms with Gasteiger partial charge in [-0.2, -0.15) is 0 Å². The lowest BCUT2D eigenvalue weighted by Gasteiger charge is -2.24. The lowest BCUT2D eigenvalue weighted by Crippen LogP contribution is -2.39. The Bertz CT molecular complexity index is 521. The van der Waals surface area contributed by atoms with Gasteiger partial charge in [-0.1, -0.05) is 24.4 Å². The molecule has 114 valence electrons. The molecule has 1 saturated carbocycles. The molecule has 1 aromatic rings. The summed E-state index contributed by atoms with van der Waals surface area (Å²) >= 11 is 6.14. The van der Waals surface area contributed by atoms with Gasteiger partial charge in [-0.05, 0) is 37.3 Å². The Morgan fingerprint density at radius 3 is 2.95 bits per heavy atom. The molecule has 1 aliphatic heterocycles. The first-order valence-electron chi connectivity index (χ1n) is 7.58. The van der Waals surface area contributed by atoms with Crippen LogP contribution >= 0.6 is 11.6 Å². The van der Waals surface area contributed by atoms with E-state index >= 15 is 0 Å². The third-order valence-electron chi connectivity index (χ3n) is 4.61. The van der Waals surface area contributed by atoms with E-state index in [4.69, 9.17) is 16.3 Å². The van der Waals surface area contributed by atoms with E-state index in [2.05, 4.69) is 10.6 Å². The highest BCUT2D eigenvalue weighted by atomic mass is 35.5. The van der Waals surface area contributed by atoms with Gasteiger partial charge in [0.25, 0.3) is 0 Å². The van der Waals surface area contributed by atoms with Crippen molar-refractivity contribution in [3.05, 3.63) is 23.2 Å². The second-order valence-electron chi connectivity index (χ2n) is 5.94. The van der Waals surface area contributed by atoms with Crippen LogP contribution in [0.3, 0.4) is 0 Å². The van der Waals surface area contributed by atoms with Gasteiger partial charge in [0.05, 0.1) is 23.9 Å². The summed E-state index contributed by atoms with van der Waals surface area (Å²) in [6.07, 6.45) is 5.91. The molecule has 0 aromatic heterocycles. The van der Waals surface area contributed by atoms with Gasteiger partial charge in [-0.3, -0.25) is 4.79 Å². The average Bonchev–Trinajstić information content (AvgIpc) is 2.93. The Labute approximate surface area is 130 Å². The predicted octanol–water partition coefficient (Wildman–Crippen LogP) is 3.21. The third kappa shape index (κ3) is 3.16. The SMILES string of the molecule is COc1ccc(Cl)c(NC(=O)C2CC3CCCCC3N2)c1. The van der Waals surface area contributed by atoms with Crippen molar-refractivity contribution in [3.8, 4) is 5.75 Å². The molecule has 4 nitrogen and oxygen atoms in total. The van der Waals surface area contributed by atoms with E-state index in [0.717, 1.165) is 6.42 Å². The van der Waals surface area contributed by atoms with Gasteiger partial charge in [0, 0.05) is 12.1 Å². The summed E-state index contributed by atoms with van der Waals surface area (Å²) in [7, 11) is 1.60. The van der Waals surface area contributed by atoms with Gasteiger partial charge in [-0.25, -0.2) is 0 Å². The van der Waals surface area contributed by atoms with Crippen molar-refractivity contribution in [1.29, 1.82) is 0 Å². The Kier molecular flexibility index (Phi) is 4.36. The van der Waals surface area contributed by atoms with Crippen LogP contribution in [0.2, 0.25) is 5.02 Å². The van der Waals surface area contributed by atoms with E-state index in [-0.39, 0.29) is 11.9 Å². The molecule has 2 N–H and O–H groups in total. The van der Waals surface area contributed by atoms with Crippen molar-refractivity contribution in [2.45, 2.75) is 44.2 Å². The summed E-state index contributed by atoms with van der Waals surface area (Å²) < 4.78 is 5.17. The molecule has 0 spiro atoms. The van der Waals surface area contributed by atoms with Gasteiger partial charge in [0.15, 0.2) is 0 Å². The predicted molar refractivity (Wildman–Crippen MR) is 83.9 cm³/mol. The van der Waals surface area contributed by atoms with Crippen molar-refractivity contribution in [2.75, 3.05) is 12.4 Å². The number of carbonyl (C=O) groups excluding carboxylic acids is 1. The monoisotopic (exact) mass is 308 g/mol. The van der Waals surface area contributed by atoms with Crippen molar-refractivity contribution < 1.29 is 9.53 Å². The summed E-state index contributed by atoms with van der Waals surface area (Å²) in [4.78, 5) is 12.4. The molecule has 1 aromatic carbocycles. The maximum atomic E-state index is 12.4. The molecule has 0 bridgehead atoms. The smallest absolute Gasteiger partial charge is 0.241 e. The number of methoxy groups -OCH3 is 1. The van der Waals surface area contributed by atoms with Crippen molar-refractivity contribution in [2.24, 2.45) is 5.92 Å². The number of nitrogens with one attached hydrogen (secondary N) is 2. The highest BCUT2D eigenvalue weighted by Gasteiger charge is 2.38. The number of carbonyl (C=O) groups is 1. The summed E-state index contributed by atoms with van der Waals surface area (Å²) in [5.41, 5.74) is 0.609. The molecule has 0 radical (unpaired) electrons. The number of ether oxygens (including phenoxy) is 1. The van der Waals surface area contributed by atoms with Crippen LogP contribution in [0.4, 0.5) is 5.69 Å². The van der Waals surface area contributed by atoms with Gasteiger partial charge in [-0.15, -0.1) is 0 Å². The zero-order valence-corrected chi connectivity index (χ0v) is 13.0. The minimum Gasteiger partial charge on any atom is -0.497 e. The number of rotatable bonds is 3. The molecule has 3 rings (SSSR count). The molecule has 1 aliphatic carbocycles. The highest BCUT2D eigenvalue weighted by Crippen LogP contribution is 2.34.